The number of rotatable bonds is 4. The topological polar surface area (TPSA) is 32.3 Å². The first-order valence-corrected chi connectivity index (χ1v) is 8.02. The molecule has 112 valence electrons. The fourth-order valence-electron chi connectivity index (χ4n) is 2.18. The number of nitrogens with one attached hydrogen (secondary N) is 1. The van der Waals surface area contributed by atoms with Crippen LogP contribution in [0.3, 0.4) is 0 Å². The van der Waals surface area contributed by atoms with Crippen LogP contribution in [0.4, 0.5) is 0 Å². The smallest absolute Gasteiger partial charge is 0.232 e. The maximum absolute atomic E-state index is 12.1. The number of nitrogens with zero attached hydrogens (tertiary/aromatic N) is 1. The summed E-state index contributed by atoms with van der Waals surface area (Å²) >= 11 is 7.58. The van der Waals surface area contributed by atoms with Crippen molar-refractivity contribution in [2.75, 3.05) is 25.4 Å². The Bertz CT molecular complexity index is 445. The summed E-state index contributed by atoms with van der Waals surface area (Å²) in [6.45, 7) is 4.70. The maximum atomic E-state index is 12.1. The second kappa shape index (κ2) is 8.78. The predicted octanol–water partition coefficient (Wildman–Crippen LogP) is 2.82. The first kappa shape index (κ1) is 17.6. The van der Waals surface area contributed by atoms with E-state index in [0.717, 1.165) is 30.4 Å². The van der Waals surface area contributed by atoms with Crippen molar-refractivity contribution in [1.82, 2.24) is 10.2 Å². The molecule has 0 saturated carbocycles. The van der Waals surface area contributed by atoms with Gasteiger partial charge in [0, 0.05) is 36.5 Å². The summed E-state index contributed by atoms with van der Waals surface area (Å²) < 4.78 is 0. The molecule has 1 aromatic rings. The van der Waals surface area contributed by atoms with Gasteiger partial charge in [-0.05, 0) is 24.6 Å². The highest BCUT2D eigenvalue weighted by atomic mass is 35.5. The molecule has 1 aromatic carbocycles. The van der Waals surface area contributed by atoms with Gasteiger partial charge in [-0.3, -0.25) is 4.79 Å². The van der Waals surface area contributed by atoms with E-state index in [1.807, 2.05) is 29.2 Å². The molecule has 1 N–H and O–H groups in total. The molecule has 0 aromatic heterocycles. The molecule has 0 bridgehead atoms. The van der Waals surface area contributed by atoms with Crippen LogP contribution >= 0.6 is 35.8 Å². The fourth-order valence-corrected chi connectivity index (χ4v) is 3.25. The molecule has 0 unspecified atom stereocenters. The first-order chi connectivity index (χ1) is 9.16. The molecular formula is C14H20Cl2N2OS. The van der Waals surface area contributed by atoms with Gasteiger partial charge in [0.1, 0.15) is 0 Å². The Morgan fingerprint density at radius 2 is 2.35 bits per heavy atom. The highest BCUT2D eigenvalue weighted by molar-refractivity contribution is 7.99. The third-order valence-electron chi connectivity index (χ3n) is 3.20. The standard InChI is InChI=1S/C14H19ClN2OS.ClH/c1-11-8-16-5-6-17(11)14(18)10-19-9-12-3-2-4-13(15)7-12;/h2-4,7,11,16H,5-6,8-10H2,1H3;1H/t11-;/m1./s1. The van der Waals surface area contributed by atoms with Crippen molar-refractivity contribution in [3.05, 3.63) is 34.9 Å². The third-order valence-corrected chi connectivity index (χ3v) is 4.43. The van der Waals surface area contributed by atoms with Crippen molar-refractivity contribution in [3.63, 3.8) is 0 Å². The van der Waals surface area contributed by atoms with Crippen LogP contribution in [0.15, 0.2) is 24.3 Å². The second-order valence-corrected chi connectivity index (χ2v) is 6.19. The van der Waals surface area contributed by atoms with Crippen molar-refractivity contribution in [1.29, 1.82) is 0 Å². The van der Waals surface area contributed by atoms with Gasteiger partial charge in [-0.2, -0.15) is 0 Å². The van der Waals surface area contributed by atoms with Gasteiger partial charge in [-0.25, -0.2) is 0 Å². The lowest BCUT2D eigenvalue weighted by Gasteiger charge is -2.34. The average Bonchev–Trinajstić information content (AvgIpc) is 2.39. The summed E-state index contributed by atoms with van der Waals surface area (Å²) in [5, 5.41) is 4.04. The summed E-state index contributed by atoms with van der Waals surface area (Å²) in [6.07, 6.45) is 0. The van der Waals surface area contributed by atoms with E-state index in [2.05, 4.69) is 12.2 Å². The number of amides is 1. The normalized spacial score (nSPS) is 18.5. The molecule has 1 heterocycles. The van der Waals surface area contributed by atoms with E-state index in [9.17, 15) is 4.79 Å². The van der Waals surface area contributed by atoms with Gasteiger partial charge in [0.25, 0.3) is 0 Å². The zero-order valence-corrected chi connectivity index (χ0v) is 13.9. The van der Waals surface area contributed by atoms with Gasteiger partial charge < -0.3 is 10.2 Å². The number of carbonyl (C=O) groups excluding carboxylic acids is 1. The van der Waals surface area contributed by atoms with E-state index in [1.165, 1.54) is 5.56 Å². The first-order valence-electron chi connectivity index (χ1n) is 6.49. The zero-order valence-electron chi connectivity index (χ0n) is 11.5. The van der Waals surface area contributed by atoms with E-state index >= 15 is 0 Å². The molecule has 2 rings (SSSR count). The Morgan fingerprint density at radius 1 is 1.55 bits per heavy atom. The van der Waals surface area contributed by atoms with Gasteiger partial charge >= 0.3 is 0 Å². The minimum atomic E-state index is 0. The van der Waals surface area contributed by atoms with Crippen molar-refractivity contribution in [2.24, 2.45) is 0 Å². The molecule has 6 heteroatoms. The van der Waals surface area contributed by atoms with Gasteiger partial charge in [0.15, 0.2) is 0 Å². The van der Waals surface area contributed by atoms with Crippen LogP contribution in [0, 0.1) is 0 Å². The quantitative estimate of drug-likeness (QED) is 0.918. The minimum Gasteiger partial charge on any atom is -0.337 e. The number of carbonyl (C=O) groups is 1. The van der Waals surface area contributed by atoms with E-state index < -0.39 is 0 Å². The molecule has 1 atom stereocenters. The Balaban J connectivity index is 0.00000200. The van der Waals surface area contributed by atoms with E-state index in [1.54, 1.807) is 11.8 Å². The molecule has 0 spiro atoms. The van der Waals surface area contributed by atoms with Crippen molar-refractivity contribution >= 4 is 41.7 Å². The monoisotopic (exact) mass is 334 g/mol. The van der Waals surface area contributed by atoms with Gasteiger partial charge in [0.05, 0.1) is 5.75 Å². The lowest BCUT2D eigenvalue weighted by molar-refractivity contribution is -0.131. The number of piperazine rings is 1. The van der Waals surface area contributed by atoms with Crippen LogP contribution in [-0.2, 0) is 10.5 Å². The van der Waals surface area contributed by atoms with Crippen LogP contribution < -0.4 is 5.32 Å². The fraction of sp³-hybridized carbons (Fsp3) is 0.500. The van der Waals surface area contributed by atoms with Crippen LogP contribution in [0.25, 0.3) is 0 Å². The van der Waals surface area contributed by atoms with Crippen LogP contribution in [0.5, 0.6) is 0 Å². The summed E-state index contributed by atoms with van der Waals surface area (Å²) in [5.41, 5.74) is 1.17. The number of halogens is 2. The SMILES string of the molecule is C[C@@H]1CNCCN1C(=O)CSCc1cccc(Cl)c1.Cl. The molecule has 1 aliphatic rings. The van der Waals surface area contributed by atoms with Gasteiger partial charge in [0.2, 0.25) is 5.91 Å². The molecule has 0 radical (unpaired) electrons. The van der Waals surface area contributed by atoms with Crippen LogP contribution in [-0.4, -0.2) is 42.2 Å². The van der Waals surface area contributed by atoms with Gasteiger partial charge in [-0.1, -0.05) is 23.7 Å². The molecule has 1 fully saturated rings. The number of hydrogen-bond acceptors (Lipinski definition) is 3. The highest BCUT2D eigenvalue weighted by Gasteiger charge is 2.22. The van der Waals surface area contributed by atoms with E-state index in [-0.39, 0.29) is 18.3 Å². The van der Waals surface area contributed by atoms with Crippen molar-refractivity contribution in [3.8, 4) is 0 Å². The summed E-state index contributed by atoms with van der Waals surface area (Å²) in [7, 11) is 0. The van der Waals surface area contributed by atoms with Crippen LogP contribution in [0.2, 0.25) is 5.02 Å². The number of hydrogen-bond donors (Lipinski definition) is 1. The minimum absolute atomic E-state index is 0. The Morgan fingerprint density at radius 3 is 3.05 bits per heavy atom. The maximum Gasteiger partial charge on any atom is 0.232 e. The second-order valence-electron chi connectivity index (χ2n) is 4.76. The molecule has 1 aliphatic heterocycles. The van der Waals surface area contributed by atoms with E-state index in [0.29, 0.717) is 11.8 Å². The molecule has 20 heavy (non-hydrogen) atoms. The van der Waals surface area contributed by atoms with E-state index in [4.69, 9.17) is 11.6 Å². The summed E-state index contributed by atoms with van der Waals surface area (Å²) in [4.78, 5) is 14.1. The molecule has 1 amide bonds. The summed E-state index contributed by atoms with van der Waals surface area (Å²) in [5.74, 6) is 1.60. The molecule has 1 saturated heterocycles. The van der Waals surface area contributed by atoms with Crippen molar-refractivity contribution < 1.29 is 4.79 Å². The largest absolute Gasteiger partial charge is 0.337 e. The summed E-state index contributed by atoms with van der Waals surface area (Å²) in [6, 6.07) is 8.10. The zero-order chi connectivity index (χ0) is 13.7. The van der Waals surface area contributed by atoms with Gasteiger partial charge in [-0.15, -0.1) is 24.2 Å². The molecule has 0 aliphatic carbocycles. The molecular weight excluding hydrogens is 315 g/mol. The lowest BCUT2D eigenvalue weighted by Crippen LogP contribution is -2.52. The third kappa shape index (κ3) is 5.17. The highest BCUT2D eigenvalue weighted by Crippen LogP contribution is 2.17. The number of benzene rings is 1. The Hall–Kier alpha value is -0.420. The predicted molar refractivity (Wildman–Crippen MR) is 88.9 cm³/mol. The Labute approximate surface area is 135 Å². The van der Waals surface area contributed by atoms with Crippen molar-refractivity contribution in [2.45, 2.75) is 18.7 Å². The number of thioether (sulfide) groups is 1. The van der Waals surface area contributed by atoms with Crippen LogP contribution in [0.1, 0.15) is 12.5 Å². The molecule has 3 nitrogen and oxygen atoms in total. The Kier molecular flexibility index (Phi) is 7.74. The lowest BCUT2D eigenvalue weighted by atomic mass is 10.2. The average molecular weight is 335 g/mol.